The molecule has 1 aliphatic heterocycles. The van der Waals surface area contributed by atoms with Gasteiger partial charge in [0.2, 0.25) is 5.91 Å². The van der Waals surface area contributed by atoms with Gasteiger partial charge in [-0.1, -0.05) is 36.4 Å². The second kappa shape index (κ2) is 11.8. The highest BCUT2D eigenvalue weighted by Gasteiger charge is 2.34. The van der Waals surface area contributed by atoms with Crippen LogP contribution in [0.2, 0.25) is 0 Å². The molecular weight excluding hydrogens is 456 g/mol. The number of carbonyl (C=O) groups excluding carboxylic acids is 4. The maximum atomic E-state index is 13.4. The van der Waals surface area contributed by atoms with Crippen LogP contribution < -0.4 is 5.32 Å². The van der Waals surface area contributed by atoms with E-state index in [1.807, 2.05) is 46.1 Å². The number of benzene rings is 2. The molecule has 8 nitrogen and oxygen atoms in total. The van der Waals surface area contributed by atoms with Crippen molar-refractivity contribution < 1.29 is 19.2 Å². The number of anilines is 1. The summed E-state index contributed by atoms with van der Waals surface area (Å²) in [5, 5.41) is 2.88. The van der Waals surface area contributed by atoms with Crippen LogP contribution in [0.15, 0.2) is 54.6 Å². The second-order valence-electron chi connectivity index (χ2n) is 9.26. The van der Waals surface area contributed by atoms with Crippen molar-refractivity contribution in [2.75, 3.05) is 45.6 Å². The molecule has 190 valence electrons. The molecule has 1 heterocycles. The third-order valence-corrected chi connectivity index (χ3v) is 6.28. The number of ketones is 1. The standard InChI is InChI=1S/C28H34N4O4/c1-6-22(23-13-10-14-24(20(23)3)29-25(33)18-30(4)5)26(34)28(36)32-16-15-31(17-19(32)2)27(35)21-11-8-7-9-12-21/h6-14,19H,15-18H2,1-5H3,(H,29,33)/b22-6+/t19-/m1/s1. The van der Waals surface area contributed by atoms with Crippen LogP contribution in [0, 0.1) is 6.92 Å². The summed E-state index contributed by atoms with van der Waals surface area (Å²) in [5.74, 6) is -1.45. The topological polar surface area (TPSA) is 90.0 Å². The fraction of sp³-hybridized carbons (Fsp3) is 0.357. The minimum absolute atomic E-state index is 0.0845. The predicted molar refractivity (Wildman–Crippen MR) is 141 cm³/mol. The fourth-order valence-electron chi connectivity index (χ4n) is 4.40. The van der Waals surface area contributed by atoms with Crippen LogP contribution in [0.5, 0.6) is 0 Å². The monoisotopic (exact) mass is 490 g/mol. The molecule has 1 saturated heterocycles. The number of allylic oxidation sites excluding steroid dienone is 1. The highest BCUT2D eigenvalue weighted by Crippen LogP contribution is 2.27. The van der Waals surface area contributed by atoms with Crippen LogP contribution in [-0.4, -0.2) is 84.5 Å². The van der Waals surface area contributed by atoms with Gasteiger partial charge in [-0.05, 0) is 64.2 Å². The molecule has 1 fully saturated rings. The molecule has 36 heavy (non-hydrogen) atoms. The normalized spacial score (nSPS) is 16.2. The minimum atomic E-state index is -0.605. The molecule has 0 saturated carbocycles. The summed E-state index contributed by atoms with van der Waals surface area (Å²) in [5.41, 5.74) is 2.80. The Morgan fingerprint density at radius 1 is 1.03 bits per heavy atom. The Kier molecular flexibility index (Phi) is 8.77. The third kappa shape index (κ3) is 6.07. The summed E-state index contributed by atoms with van der Waals surface area (Å²) in [6.07, 6.45) is 1.63. The number of carbonyl (C=O) groups is 4. The lowest BCUT2D eigenvalue weighted by Crippen LogP contribution is -2.56. The van der Waals surface area contributed by atoms with Crippen molar-refractivity contribution >= 4 is 34.8 Å². The number of amides is 3. The van der Waals surface area contributed by atoms with Gasteiger partial charge in [-0.3, -0.25) is 19.2 Å². The van der Waals surface area contributed by atoms with Crippen molar-refractivity contribution in [2.45, 2.75) is 26.8 Å². The van der Waals surface area contributed by atoms with Gasteiger partial charge in [-0.25, -0.2) is 0 Å². The number of hydrogen-bond donors (Lipinski definition) is 1. The van der Waals surface area contributed by atoms with Gasteiger partial charge in [0.1, 0.15) is 0 Å². The Bertz CT molecular complexity index is 1170. The van der Waals surface area contributed by atoms with E-state index in [0.29, 0.717) is 35.5 Å². The first-order valence-electron chi connectivity index (χ1n) is 12.0. The van der Waals surface area contributed by atoms with E-state index in [4.69, 9.17) is 0 Å². The van der Waals surface area contributed by atoms with E-state index < -0.39 is 11.7 Å². The maximum Gasteiger partial charge on any atom is 0.295 e. The summed E-state index contributed by atoms with van der Waals surface area (Å²) in [7, 11) is 3.62. The minimum Gasteiger partial charge on any atom is -0.335 e. The average Bonchev–Trinajstić information content (AvgIpc) is 2.85. The zero-order chi connectivity index (χ0) is 26.4. The molecule has 1 atom stereocenters. The summed E-state index contributed by atoms with van der Waals surface area (Å²) in [4.78, 5) is 56.7. The third-order valence-electron chi connectivity index (χ3n) is 6.28. The Morgan fingerprint density at radius 3 is 2.33 bits per heavy atom. The van der Waals surface area contributed by atoms with Crippen molar-refractivity contribution in [1.29, 1.82) is 0 Å². The average molecular weight is 491 g/mol. The maximum absolute atomic E-state index is 13.4. The molecule has 8 heteroatoms. The Labute approximate surface area is 212 Å². The molecule has 0 spiro atoms. The van der Waals surface area contributed by atoms with Gasteiger partial charge < -0.3 is 20.0 Å². The van der Waals surface area contributed by atoms with E-state index in [-0.39, 0.29) is 36.5 Å². The van der Waals surface area contributed by atoms with E-state index in [0.717, 1.165) is 0 Å². The lowest BCUT2D eigenvalue weighted by Gasteiger charge is -2.39. The van der Waals surface area contributed by atoms with Crippen LogP contribution in [0.3, 0.4) is 0 Å². The first-order chi connectivity index (χ1) is 17.1. The number of piperazine rings is 1. The molecule has 0 unspecified atom stereocenters. The smallest absolute Gasteiger partial charge is 0.295 e. The zero-order valence-corrected chi connectivity index (χ0v) is 21.6. The van der Waals surface area contributed by atoms with Crippen molar-refractivity contribution in [3.8, 4) is 0 Å². The van der Waals surface area contributed by atoms with Crippen molar-refractivity contribution in [3.05, 3.63) is 71.3 Å². The molecule has 2 aromatic carbocycles. The highest BCUT2D eigenvalue weighted by molar-refractivity contribution is 6.53. The summed E-state index contributed by atoms with van der Waals surface area (Å²) >= 11 is 0. The summed E-state index contributed by atoms with van der Waals surface area (Å²) < 4.78 is 0. The number of likely N-dealkylation sites (N-methyl/N-ethyl adjacent to an activating group) is 1. The SMILES string of the molecule is C/C=C(/C(=O)C(=O)N1CCN(C(=O)c2ccccc2)C[C@H]1C)c1cccc(NC(=O)CN(C)C)c1C. The molecule has 1 aliphatic rings. The molecule has 0 aliphatic carbocycles. The number of nitrogens with one attached hydrogen (secondary N) is 1. The molecule has 3 rings (SSSR count). The van der Waals surface area contributed by atoms with Crippen LogP contribution in [0.4, 0.5) is 5.69 Å². The van der Waals surface area contributed by atoms with E-state index in [2.05, 4.69) is 5.32 Å². The molecule has 0 radical (unpaired) electrons. The van der Waals surface area contributed by atoms with E-state index in [1.54, 1.807) is 58.0 Å². The van der Waals surface area contributed by atoms with Crippen LogP contribution in [0.1, 0.15) is 35.3 Å². The van der Waals surface area contributed by atoms with Gasteiger partial charge >= 0.3 is 0 Å². The Morgan fingerprint density at radius 2 is 1.72 bits per heavy atom. The fourth-order valence-corrected chi connectivity index (χ4v) is 4.40. The summed E-state index contributed by atoms with van der Waals surface area (Å²) in [6, 6.07) is 14.0. The van der Waals surface area contributed by atoms with Gasteiger partial charge in [0, 0.05) is 42.5 Å². The summed E-state index contributed by atoms with van der Waals surface area (Å²) in [6.45, 7) is 6.60. The van der Waals surface area contributed by atoms with E-state index >= 15 is 0 Å². The van der Waals surface area contributed by atoms with Crippen molar-refractivity contribution in [2.24, 2.45) is 0 Å². The highest BCUT2D eigenvalue weighted by atomic mass is 16.2. The lowest BCUT2D eigenvalue weighted by molar-refractivity contribution is -0.144. The van der Waals surface area contributed by atoms with Crippen LogP contribution >= 0.6 is 0 Å². The van der Waals surface area contributed by atoms with Gasteiger partial charge in [-0.15, -0.1) is 0 Å². The molecule has 3 amide bonds. The zero-order valence-electron chi connectivity index (χ0n) is 21.6. The molecule has 0 aromatic heterocycles. The largest absolute Gasteiger partial charge is 0.335 e. The Hall–Kier alpha value is -3.78. The van der Waals surface area contributed by atoms with Gasteiger partial charge in [0.15, 0.2) is 0 Å². The van der Waals surface area contributed by atoms with E-state index in [1.165, 1.54) is 0 Å². The number of hydrogen-bond acceptors (Lipinski definition) is 5. The lowest BCUT2D eigenvalue weighted by atomic mass is 9.94. The first-order valence-corrected chi connectivity index (χ1v) is 12.0. The Balaban J connectivity index is 1.73. The van der Waals surface area contributed by atoms with Crippen molar-refractivity contribution in [3.63, 3.8) is 0 Å². The molecule has 0 bridgehead atoms. The first kappa shape index (κ1) is 26.8. The van der Waals surface area contributed by atoms with Crippen molar-refractivity contribution in [1.82, 2.24) is 14.7 Å². The number of rotatable bonds is 7. The molecule has 2 aromatic rings. The van der Waals surface area contributed by atoms with Gasteiger partial charge in [0.05, 0.1) is 6.54 Å². The number of Topliss-reactive ketones (excluding diaryl/α,β-unsaturated/α-hetero) is 1. The quantitative estimate of drug-likeness (QED) is 0.476. The van der Waals surface area contributed by atoms with Crippen LogP contribution in [0.25, 0.3) is 5.57 Å². The number of nitrogens with zero attached hydrogens (tertiary/aromatic N) is 3. The predicted octanol–water partition coefficient (Wildman–Crippen LogP) is 2.84. The van der Waals surface area contributed by atoms with Crippen LogP contribution in [-0.2, 0) is 14.4 Å². The molecule has 1 N–H and O–H groups in total. The van der Waals surface area contributed by atoms with Gasteiger partial charge in [0.25, 0.3) is 17.6 Å². The second-order valence-corrected chi connectivity index (χ2v) is 9.26. The van der Waals surface area contributed by atoms with Gasteiger partial charge in [-0.2, -0.15) is 0 Å². The van der Waals surface area contributed by atoms with E-state index in [9.17, 15) is 19.2 Å². The molecular formula is C28H34N4O4.